The highest BCUT2D eigenvalue weighted by Gasteiger charge is 2.27. The third kappa shape index (κ3) is 5.72. The summed E-state index contributed by atoms with van der Waals surface area (Å²) in [6, 6.07) is 10.8. The summed E-state index contributed by atoms with van der Waals surface area (Å²) < 4.78 is 12.7. The maximum Gasteiger partial charge on any atom is 0.344 e. The van der Waals surface area contributed by atoms with E-state index in [1.165, 1.54) is 31.9 Å². The Bertz CT molecular complexity index is 1320. The number of hydrogen-bond donors (Lipinski definition) is 1. The van der Waals surface area contributed by atoms with Crippen LogP contribution in [0.3, 0.4) is 0 Å². The fraction of sp³-hybridized carbons (Fsp3) is 0.217. The lowest BCUT2D eigenvalue weighted by molar-refractivity contribution is -0.386. The van der Waals surface area contributed by atoms with Crippen molar-refractivity contribution in [1.29, 1.82) is 0 Å². The number of nitro groups is 1. The molecule has 1 atom stereocenters. The number of rotatable bonds is 8. The molecule has 182 valence electrons. The van der Waals surface area contributed by atoms with Gasteiger partial charge in [0.05, 0.1) is 23.8 Å². The lowest BCUT2D eigenvalue weighted by Gasteiger charge is -2.12. The van der Waals surface area contributed by atoms with E-state index in [0.717, 1.165) is 0 Å². The topological polar surface area (TPSA) is 138 Å². The lowest BCUT2D eigenvalue weighted by atomic mass is 10.2. The molecule has 1 unspecified atom stereocenters. The number of ether oxygens (including phenoxy) is 2. The van der Waals surface area contributed by atoms with Crippen molar-refractivity contribution in [2.75, 3.05) is 7.11 Å². The SMILES string of the molecule is COc1cc(/C=N/NC(=O)C(C)n2nc(C)c([N+](=O)[O-])c2C)ccc1OC(=O)c1ccccc1Br. The summed E-state index contributed by atoms with van der Waals surface area (Å²) in [5.74, 6) is -0.547. The molecule has 12 heteroatoms. The summed E-state index contributed by atoms with van der Waals surface area (Å²) in [5.41, 5.74) is 3.70. The predicted octanol–water partition coefficient (Wildman–Crippen LogP) is 4.11. The van der Waals surface area contributed by atoms with Crippen LogP contribution in [-0.2, 0) is 4.79 Å². The van der Waals surface area contributed by atoms with Gasteiger partial charge >= 0.3 is 11.7 Å². The van der Waals surface area contributed by atoms with E-state index in [1.54, 1.807) is 49.4 Å². The number of carbonyl (C=O) groups is 2. The number of nitrogens with zero attached hydrogens (tertiary/aromatic N) is 4. The molecule has 11 nitrogen and oxygen atoms in total. The van der Waals surface area contributed by atoms with E-state index in [4.69, 9.17) is 9.47 Å². The van der Waals surface area contributed by atoms with Gasteiger partial charge in [-0.3, -0.25) is 19.6 Å². The molecule has 0 fully saturated rings. The predicted molar refractivity (Wildman–Crippen MR) is 131 cm³/mol. The van der Waals surface area contributed by atoms with Gasteiger partial charge in [-0.25, -0.2) is 10.2 Å². The van der Waals surface area contributed by atoms with Gasteiger partial charge in [0, 0.05) is 4.47 Å². The van der Waals surface area contributed by atoms with Crippen LogP contribution in [0.5, 0.6) is 11.5 Å². The molecule has 2 aromatic carbocycles. The number of aromatic nitrogens is 2. The van der Waals surface area contributed by atoms with Gasteiger partial charge in [0.2, 0.25) is 0 Å². The Morgan fingerprint density at radius 1 is 1.23 bits per heavy atom. The summed E-state index contributed by atoms with van der Waals surface area (Å²) in [4.78, 5) is 35.6. The molecule has 3 rings (SSSR count). The molecule has 0 aliphatic rings. The maximum atomic E-state index is 12.5. The van der Waals surface area contributed by atoms with E-state index in [9.17, 15) is 19.7 Å². The van der Waals surface area contributed by atoms with Crippen molar-refractivity contribution in [1.82, 2.24) is 15.2 Å². The average Bonchev–Trinajstić information content (AvgIpc) is 3.13. The zero-order chi connectivity index (χ0) is 25.7. The molecule has 0 aliphatic heterocycles. The van der Waals surface area contributed by atoms with E-state index in [0.29, 0.717) is 21.3 Å². The molecule has 0 bridgehead atoms. The van der Waals surface area contributed by atoms with E-state index in [1.807, 2.05) is 0 Å². The Balaban J connectivity index is 1.69. The highest BCUT2D eigenvalue weighted by atomic mass is 79.9. The summed E-state index contributed by atoms with van der Waals surface area (Å²) in [6.07, 6.45) is 1.39. The Morgan fingerprint density at radius 2 is 1.94 bits per heavy atom. The summed E-state index contributed by atoms with van der Waals surface area (Å²) >= 11 is 3.32. The van der Waals surface area contributed by atoms with Gasteiger partial charge in [-0.15, -0.1) is 0 Å². The number of halogens is 1. The first-order valence-corrected chi connectivity index (χ1v) is 11.1. The smallest absolute Gasteiger partial charge is 0.344 e. The highest BCUT2D eigenvalue weighted by Crippen LogP contribution is 2.29. The van der Waals surface area contributed by atoms with Gasteiger partial charge in [0.15, 0.2) is 11.5 Å². The Labute approximate surface area is 209 Å². The monoisotopic (exact) mass is 543 g/mol. The molecular weight excluding hydrogens is 522 g/mol. The van der Waals surface area contributed by atoms with Gasteiger partial charge < -0.3 is 9.47 Å². The van der Waals surface area contributed by atoms with Gasteiger partial charge in [-0.05, 0) is 72.6 Å². The number of amides is 1. The number of methoxy groups -OCH3 is 1. The van der Waals surface area contributed by atoms with E-state index >= 15 is 0 Å². The largest absolute Gasteiger partial charge is 0.493 e. The van der Waals surface area contributed by atoms with Gasteiger partial charge in [-0.1, -0.05) is 12.1 Å². The van der Waals surface area contributed by atoms with Gasteiger partial charge in [0.1, 0.15) is 17.4 Å². The van der Waals surface area contributed by atoms with Crippen LogP contribution in [0.15, 0.2) is 52.0 Å². The standard InChI is InChI=1S/C23H22BrN5O6/c1-13-21(29(32)33)14(2)28(27-13)15(3)22(30)26-25-12-16-9-10-19(20(11-16)34-4)35-23(31)17-7-5-6-8-18(17)24/h5-12,15H,1-4H3,(H,26,30)/b25-12+. The second-order valence-corrected chi connectivity index (χ2v) is 8.27. The summed E-state index contributed by atoms with van der Waals surface area (Å²) in [7, 11) is 1.43. The molecule has 1 aromatic heterocycles. The Hall–Kier alpha value is -4.06. The molecule has 0 saturated carbocycles. The van der Waals surface area contributed by atoms with Crippen LogP contribution in [0.4, 0.5) is 5.69 Å². The number of esters is 1. The molecule has 1 N–H and O–H groups in total. The second kappa shape index (κ2) is 10.9. The molecule has 0 saturated heterocycles. The van der Waals surface area contributed by atoms with Crippen molar-refractivity contribution in [2.24, 2.45) is 5.10 Å². The highest BCUT2D eigenvalue weighted by molar-refractivity contribution is 9.10. The fourth-order valence-electron chi connectivity index (χ4n) is 3.30. The molecule has 35 heavy (non-hydrogen) atoms. The minimum Gasteiger partial charge on any atom is -0.493 e. The third-order valence-corrected chi connectivity index (χ3v) is 5.78. The van der Waals surface area contributed by atoms with E-state index < -0.39 is 22.8 Å². The number of nitrogens with one attached hydrogen (secondary N) is 1. The quantitative estimate of drug-likeness (QED) is 0.148. The molecule has 3 aromatic rings. The first-order valence-electron chi connectivity index (χ1n) is 10.3. The van der Waals surface area contributed by atoms with Crippen LogP contribution in [-0.4, -0.2) is 39.9 Å². The number of carbonyl (C=O) groups excluding carboxylic acids is 2. The van der Waals surface area contributed by atoms with Crippen molar-refractivity contribution in [3.05, 3.63) is 79.6 Å². The van der Waals surface area contributed by atoms with Crippen LogP contribution in [0.2, 0.25) is 0 Å². The van der Waals surface area contributed by atoms with E-state index in [-0.39, 0.29) is 22.8 Å². The van der Waals surface area contributed by atoms with E-state index in [2.05, 4.69) is 31.6 Å². The molecule has 1 heterocycles. The summed E-state index contributed by atoms with van der Waals surface area (Å²) in [5, 5.41) is 19.2. The molecule has 0 aliphatic carbocycles. The second-order valence-electron chi connectivity index (χ2n) is 7.41. The van der Waals surface area contributed by atoms with Crippen molar-refractivity contribution in [3.8, 4) is 11.5 Å². The first kappa shape index (κ1) is 25.6. The van der Waals surface area contributed by atoms with Crippen molar-refractivity contribution >= 4 is 39.7 Å². The lowest BCUT2D eigenvalue weighted by Crippen LogP contribution is -2.28. The maximum absolute atomic E-state index is 12.5. The average molecular weight is 544 g/mol. The number of aryl methyl sites for hydroxylation is 1. The molecule has 1 amide bonds. The summed E-state index contributed by atoms with van der Waals surface area (Å²) in [6.45, 7) is 4.60. The third-order valence-electron chi connectivity index (χ3n) is 5.09. The minimum absolute atomic E-state index is 0.124. The molecule has 0 spiro atoms. The number of hydrazone groups is 1. The van der Waals surface area contributed by atoms with Crippen LogP contribution in [0.1, 0.15) is 40.3 Å². The van der Waals surface area contributed by atoms with Crippen LogP contribution < -0.4 is 14.9 Å². The van der Waals surface area contributed by atoms with Crippen molar-refractivity contribution in [2.45, 2.75) is 26.8 Å². The molecular formula is C23H22BrN5O6. The van der Waals surface area contributed by atoms with Gasteiger partial charge in [0.25, 0.3) is 5.91 Å². The van der Waals surface area contributed by atoms with Gasteiger partial charge in [-0.2, -0.15) is 10.2 Å². The van der Waals surface area contributed by atoms with Crippen molar-refractivity contribution in [3.63, 3.8) is 0 Å². The van der Waals surface area contributed by atoms with Crippen LogP contribution in [0, 0.1) is 24.0 Å². The Morgan fingerprint density at radius 3 is 2.57 bits per heavy atom. The van der Waals surface area contributed by atoms with Crippen molar-refractivity contribution < 1.29 is 24.0 Å². The minimum atomic E-state index is -0.826. The zero-order valence-corrected chi connectivity index (χ0v) is 20.9. The number of benzene rings is 2. The number of hydrogen-bond acceptors (Lipinski definition) is 8. The fourth-order valence-corrected chi connectivity index (χ4v) is 3.75. The zero-order valence-electron chi connectivity index (χ0n) is 19.3. The first-order chi connectivity index (χ1) is 16.6. The van der Waals surface area contributed by atoms with Crippen LogP contribution >= 0.6 is 15.9 Å². The van der Waals surface area contributed by atoms with Crippen LogP contribution in [0.25, 0.3) is 0 Å². The molecule has 0 radical (unpaired) electrons. The normalized spacial score (nSPS) is 11.8. The Kier molecular flexibility index (Phi) is 7.97.